The fourth-order valence-electron chi connectivity index (χ4n) is 1.37. The number of ketones is 1. The smallest absolute Gasteiger partial charge is 0.163 e. The second kappa shape index (κ2) is 4.56. The maximum absolute atomic E-state index is 11.5. The molecule has 0 saturated carbocycles. The molecule has 0 spiro atoms. The minimum absolute atomic E-state index is 0.212. The van der Waals surface area contributed by atoms with Crippen LogP contribution >= 0.6 is 15.9 Å². The van der Waals surface area contributed by atoms with Gasteiger partial charge in [0.05, 0.1) is 0 Å². The van der Waals surface area contributed by atoms with Gasteiger partial charge in [-0.2, -0.15) is 0 Å². The van der Waals surface area contributed by atoms with E-state index in [0.717, 1.165) is 22.0 Å². The van der Waals surface area contributed by atoms with Gasteiger partial charge in [0.2, 0.25) is 0 Å². The van der Waals surface area contributed by atoms with Crippen LogP contribution in [-0.2, 0) is 0 Å². The van der Waals surface area contributed by atoms with Gasteiger partial charge in [0, 0.05) is 17.3 Å². The highest BCUT2D eigenvalue weighted by Gasteiger charge is 2.05. The zero-order chi connectivity index (χ0) is 9.84. The molecule has 0 aliphatic carbocycles. The first-order valence-corrected chi connectivity index (χ1v) is 5.43. The third kappa shape index (κ3) is 2.96. The van der Waals surface area contributed by atoms with Crippen molar-refractivity contribution in [3.05, 3.63) is 34.9 Å². The normalized spacial score (nSPS) is 10.1. The first-order valence-electron chi connectivity index (χ1n) is 4.31. The highest BCUT2D eigenvalue weighted by atomic mass is 79.9. The average Bonchev–Trinajstić information content (AvgIpc) is 2.03. The van der Waals surface area contributed by atoms with Crippen LogP contribution in [0.3, 0.4) is 0 Å². The molecule has 0 aliphatic heterocycles. The molecule has 0 radical (unpaired) electrons. The Morgan fingerprint density at radius 2 is 1.77 bits per heavy atom. The monoisotopic (exact) mass is 240 g/mol. The van der Waals surface area contributed by atoms with Crippen molar-refractivity contribution in [3.63, 3.8) is 0 Å². The molecule has 0 fully saturated rings. The minimum Gasteiger partial charge on any atom is -0.294 e. The third-order valence-electron chi connectivity index (χ3n) is 1.87. The maximum Gasteiger partial charge on any atom is 0.163 e. The molecule has 0 heterocycles. The largest absolute Gasteiger partial charge is 0.294 e. The lowest BCUT2D eigenvalue weighted by atomic mass is 10.0. The van der Waals surface area contributed by atoms with Crippen LogP contribution in [0.1, 0.15) is 27.9 Å². The van der Waals surface area contributed by atoms with Crippen molar-refractivity contribution in [2.24, 2.45) is 0 Å². The molecule has 70 valence electrons. The van der Waals surface area contributed by atoms with Crippen LogP contribution in [-0.4, -0.2) is 11.1 Å². The summed E-state index contributed by atoms with van der Waals surface area (Å²) in [5.41, 5.74) is 3.13. The summed E-state index contributed by atoms with van der Waals surface area (Å²) >= 11 is 3.26. The van der Waals surface area contributed by atoms with Gasteiger partial charge in [-0.3, -0.25) is 4.79 Å². The number of hydrogen-bond acceptors (Lipinski definition) is 1. The zero-order valence-electron chi connectivity index (χ0n) is 7.93. The van der Waals surface area contributed by atoms with Crippen molar-refractivity contribution in [1.82, 2.24) is 0 Å². The molecule has 0 atom stereocenters. The average molecular weight is 241 g/mol. The Hall–Kier alpha value is -0.630. The Morgan fingerprint density at radius 1 is 1.23 bits per heavy atom. The number of carbonyl (C=O) groups is 1. The van der Waals surface area contributed by atoms with Crippen LogP contribution in [0.2, 0.25) is 0 Å². The Morgan fingerprint density at radius 3 is 2.23 bits per heavy atom. The topological polar surface area (TPSA) is 17.1 Å². The summed E-state index contributed by atoms with van der Waals surface area (Å²) < 4.78 is 0. The molecule has 1 aromatic carbocycles. The van der Waals surface area contributed by atoms with Gasteiger partial charge < -0.3 is 0 Å². The summed E-state index contributed by atoms with van der Waals surface area (Å²) in [7, 11) is 0. The fourth-order valence-corrected chi connectivity index (χ4v) is 1.73. The number of alkyl halides is 1. The summed E-state index contributed by atoms with van der Waals surface area (Å²) in [6.07, 6.45) is 0.572. The quantitative estimate of drug-likeness (QED) is 0.586. The number of benzene rings is 1. The molecule has 2 heteroatoms. The molecule has 1 nitrogen and oxygen atoms in total. The zero-order valence-corrected chi connectivity index (χ0v) is 9.52. The molecule has 0 unspecified atom stereocenters. The van der Waals surface area contributed by atoms with Crippen LogP contribution in [0.25, 0.3) is 0 Å². The highest BCUT2D eigenvalue weighted by Crippen LogP contribution is 2.11. The molecule has 1 aromatic rings. The van der Waals surface area contributed by atoms with Gasteiger partial charge in [0.25, 0.3) is 0 Å². The molecule has 0 aromatic heterocycles. The van der Waals surface area contributed by atoms with Gasteiger partial charge in [-0.05, 0) is 26.0 Å². The highest BCUT2D eigenvalue weighted by molar-refractivity contribution is 9.09. The summed E-state index contributed by atoms with van der Waals surface area (Å²) in [4.78, 5) is 11.5. The van der Waals surface area contributed by atoms with E-state index >= 15 is 0 Å². The number of aryl methyl sites for hydroxylation is 2. The summed E-state index contributed by atoms with van der Waals surface area (Å²) in [6, 6.07) is 5.96. The van der Waals surface area contributed by atoms with Gasteiger partial charge in [-0.1, -0.05) is 33.1 Å². The van der Waals surface area contributed by atoms with Crippen LogP contribution in [0.15, 0.2) is 18.2 Å². The lowest BCUT2D eigenvalue weighted by Gasteiger charge is -2.02. The Balaban J connectivity index is 2.94. The van der Waals surface area contributed by atoms with Gasteiger partial charge >= 0.3 is 0 Å². The molecule has 1 rings (SSSR count). The van der Waals surface area contributed by atoms with Crippen LogP contribution in [0.4, 0.5) is 0 Å². The second-order valence-corrected chi connectivity index (χ2v) is 4.03. The lowest BCUT2D eigenvalue weighted by Crippen LogP contribution is -2.00. The Bertz CT molecular complexity index is 298. The lowest BCUT2D eigenvalue weighted by molar-refractivity contribution is 0.0989. The van der Waals surface area contributed by atoms with E-state index in [0.29, 0.717) is 6.42 Å². The molecule has 0 N–H and O–H groups in total. The molecule has 0 saturated heterocycles. The molecular formula is C11H13BrO. The number of Topliss-reactive ketones (excluding diaryl/α,β-unsaturated/α-hetero) is 1. The van der Waals surface area contributed by atoms with Crippen LogP contribution in [0.5, 0.6) is 0 Å². The van der Waals surface area contributed by atoms with Crippen molar-refractivity contribution in [2.75, 3.05) is 5.33 Å². The first kappa shape index (κ1) is 10.5. The van der Waals surface area contributed by atoms with E-state index in [1.807, 2.05) is 26.0 Å². The van der Waals surface area contributed by atoms with E-state index < -0.39 is 0 Å². The first-order chi connectivity index (χ1) is 6.13. The molecule has 0 amide bonds. The summed E-state index contributed by atoms with van der Waals surface area (Å²) in [5, 5.41) is 0.735. The molecule has 0 bridgehead atoms. The summed E-state index contributed by atoms with van der Waals surface area (Å²) in [5.74, 6) is 0.212. The molecule has 0 aliphatic rings. The standard InChI is InChI=1S/C11H13BrO/c1-8-5-9(2)7-10(6-8)11(13)3-4-12/h5-7H,3-4H2,1-2H3. The van der Waals surface area contributed by atoms with E-state index in [-0.39, 0.29) is 5.78 Å². The number of rotatable bonds is 3. The minimum atomic E-state index is 0.212. The predicted octanol–water partition coefficient (Wildman–Crippen LogP) is 3.27. The number of halogens is 1. The van der Waals surface area contributed by atoms with Gasteiger partial charge in [-0.25, -0.2) is 0 Å². The van der Waals surface area contributed by atoms with Crippen molar-refractivity contribution in [1.29, 1.82) is 0 Å². The predicted molar refractivity (Wildman–Crippen MR) is 58.7 cm³/mol. The number of hydrogen-bond donors (Lipinski definition) is 0. The Kier molecular flexibility index (Phi) is 3.67. The maximum atomic E-state index is 11.5. The van der Waals surface area contributed by atoms with E-state index in [2.05, 4.69) is 22.0 Å². The van der Waals surface area contributed by atoms with E-state index in [4.69, 9.17) is 0 Å². The van der Waals surface area contributed by atoms with Crippen LogP contribution < -0.4 is 0 Å². The Labute approximate surface area is 87.3 Å². The van der Waals surface area contributed by atoms with Crippen LogP contribution in [0, 0.1) is 13.8 Å². The number of carbonyl (C=O) groups excluding carboxylic acids is 1. The molecule has 13 heavy (non-hydrogen) atoms. The van der Waals surface area contributed by atoms with E-state index in [1.54, 1.807) is 0 Å². The second-order valence-electron chi connectivity index (χ2n) is 3.24. The van der Waals surface area contributed by atoms with Crippen molar-refractivity contribution < 1.29 is 4.79 Å². The fraction of sp³-hybridized carbons (Fsp3) is 0.364. The SMILES string of the molecule is Cc1cc(C)cc(C(=O)CCBr)c1. The third-order valence-corrected chi connectivity index (χ3v) is 2.26. The van der Waals surface area contributed by atoms with Gasteiger partial charge in [0.15, 0.2) is 5.78 Å². The van der Waals surface area contributed by atoms with Crippen molar-refractivity contribution in [3.8, 4) is 0 Å². The van der Waals surface area contributed by atoms with Crippen molar-refractivity contribution in [2.45, 2.75) is 20.3 Å². The van der Waals surface area contributed by atoms with Gasteiger partial charge in [-0.15, -0.1) is 0 Å². The van der Waals surface area contributed by atoms with E-state index in [1.165, 1.54) is 0 Å². The van der Waals surface area contributed by atoms with Crippen molar-refractivity contribution >= 4 is 21.7 Å². The van der Waals surface area contributed by atoms with Gasteiger partial charge in [0.1, 0.15) is 0 Å². The molecular weight excluding hydrogens is 228 g/mol. The summed E-state index contributed by atoms with van der Waals surface area (Å²) in [6.45, 7) is 4.02. The van der Waals surface area contributed by atoms with E-state index in [9.17, 15) is 4.79 Å².